The summed E-state index contributed by atoms with van der Waals surface area (Å²) in [7, 11) is 0. The van der Waals surface area contributed by atoms with Crippen molar-refractivity contribution in [3.63, 3.8) is 0 Å². The molecule has 0 heterocycles. The Morgan fingerprint density at radius 2 is 0.800 bits per heavy atom. The molecule has 0 bridgehead atoms. The summed E-state index contributed by atoms with van der Waals surface area (Å²) in [5.41, 5.74) is 2.93. The molecule has 0 saturated heterocycles. The van der Waals surface area contributed by atoms with Gasteiger partial charge in [-0.1, -0.05) is 109 Å². The Kier molecular flexibility index (Phi) is 6.09. The highest BCUT2D eigenvalue weighted by Crippen LogP contribution is 2.40. The van der Waals surface area contributed by atoms with Crippen molar-refractivity contribution in [3.8, 4) is 22.3 Å². The molecule has 6 aromatic rings. The Morgan fingerprint density at radius 3 is 1.20 bits per heavy atom. The number of fused-ring (bicyclic) bond motifs is 2. The molecular weight excluding hydrogens is 504 g/mol. The zero-order valence-corrected chi connectivity index (χ0v) is 21.0. The number of carbonyl (C=O) groups excluding carboxylic acids is 1. The van der Waals surface area contributed by atoms with E-state index in [9.17, 15) is 25.0 Å². The van der Waals surface area contributed by atoms with Crippen molar-refractivity contribution in [2.75, 3.05) is 0 Å². The molecule has 0 spiro atoms. The van der Waals surface area contributed by atoms with Crippen LogP contribution in [0, 0.1) is 20.2 Å². The lowest BCUT2D eigenvalue weighted by Crippen LogP contribution is -2.06. The van der Waals surface area contributed by atoms with E-state index in [0.717, 1.165) is 0 Å². The van der Waals surface area contributed by atoms with Gasteiger partial charge in [-0.15, -0.1) is 0 Å². The van der Waals surface area contributed by atoms with E-state index in [1.807, 2.05) is 12.1 Å². The first-order chi connectivity index (χ1) is 19.5. The van der Waals surface area contributed by atoms with E-state index in [-0.39, 0.29) is 17.2 Å². The Morgan fingerprint density at radius 1 is 0.450 bits per heavy atom. The van der Waals surface area contributed by atoms with Crippen molar-refractivity contribution in [3.05, 3.63) is 153 Å². The van der Waals surface area contributed by atoms with Crippen molar-refractivity contribution in [2.24, 2.45) is 0 Å². The van der Waals surface area contributed by atoms with Crippen LogP contribution in [0.4, 0.5) is 11.4 Å². The Hall–Kier alpha value is -5.69. The van der Waals surface area contributed by atoms with Crippen LogP contribution in [0.1, 0.15) is 15.9 Å². The lowest BCUT2D eigenvalue weighted by molar-refractivity contribution is -0.383. The molecular formula is C33H20N2O5. The molecule has 0 aliphatic rings. The first kappa shape index (κ1) is 24.6. The maximum atomic E-state index is 14.3. The predicted octanol–water partition coefficient (Wildman–Crippen LogP) is 8.37. The van der Waals surface area contributed by atoms with Crippen molar-refractivity contribution in [1.82, 2.24) is 0 Å². The number of hydrogen-bond donors (Lipinski definition) is 0. The van der Waals surface area contributed by atoms with Gasteiger partial charge in [-0.3, -0.25) is 25.0 Å². The molecule has 6 rings (SSSR count). The van der Waals surface area contributed by atoms with Gasteiger partial charge in [-0.2, -0.15) is 0 Å². The molecule has 0 aliphatic carbocycles. The van der Waals surface area contributed by atoms with Crippen molar-refractivity contribution < 1.29 is 14.6 Å². The number of rotatable bonds is 6. The van der Waals surface area contributed by atoms with E-state index >= 15 is 0 Å². The van der Waals surface area contributed by atoms with E-state index in [2.05, 4.69) is 0 Å². The molecule has 40 heavy (non-hydrogen) atoms. The zero-order valence-electron chi connectivity index (χ0n) is 21.0. The van der Waals surface area contributed by atoms with Crippen LogP contribution in [-0.4, -0.2) is 15.6 Å². The van der Waals surface area contributed by atoms with Gasteiger partial charge in [0, 0.05) is 23.3 Å². The summed E-state index contributed by atoms with van der Waals surface area (Å²) in [5.74, 6) is -0.294. The summed E-state index contributed by atoms with van der Waals surface area (Å²) in [6.45, 7) is 0. The van der Waals surface area contributed by atoms with Crippen molar-refractivity contribution in [2.45, 2.75) is 0 Å². The van der Waals surface area contributed by atoms with Gasteiger partial charge < -0.3 is 0 Å². The first-order valence-electron chi connectivity index (χ1n) is 12.5. The molecule has 7 nitrogen and oxygen atoms in total. The lowest BCUT2D eigenvalue weighted by Gasteiger charge is -2.15. The van der Waals surface area contributed by atoms with Crippen LogP contribution >= 0.6 is 0 Å². The largest absolute Gasteiger partial charge is 0.289 e. The predicted molar refractivity (Wildman–Crippen MR) is 156 cm³/mol. The monoisotopic (exact) mass is 524 g/mol. The molecule has 0 saturated carbocycles. The quantitative estimate of drug-likeness (QED) is 0.124. The van der Waals surface area contributed by atoms with Crippen LogP contribution < -0.4 is 0 Å². The molecule has 192 valence electrons. The number of hydrogen-bond acceptors (Lipinski definition) is 5. The normalized spacial score (nSPS) is 11.0. The summed E-state index contributed by atoms with van der Waals surface area (Å²) >= 11 is 0. The molecule has 0 aliphatic heterocycles. The van der Waals surface area contributed by atoms with E-state index in [0.29, 0.717) is 54.9 Å². The maximum Gasteiger partial charge on any atom is 0.277 e. The number of nitro benzene ring substituents is 2. The fourth-order valence-corrected chi connectivity index (χ4v) is 5.37. The van der Waals surface area contributed by atoms with Gasteiger partial charge in [0.05, 0.1) is 20.6 Å². The number of ketones is 1. The number of nitrogens with zero attached hydrogens (tertiary/aromatic N) is 2. The third kappa shape index (κ3) is 4.06. The Balaban J connectivity index is 1.58. The van der Waals surface area contributed by atoms with Crippen molar-refractivity contribution >= 4 is 38.7 Å². The Labute approximate surface area is 228 Å². The summed E-state index contributed by atoms with van der Waals surface area (Å²) in [6.07, 6.45) is 0. The molecule has 0 atom stereocenters. The zero-order chi connectivity index (χ0) is 27.8. The SMILES string of the molecule is O=C(c1ccccc1-c1cccc2cccc([N+](=O)[O-])c12)c1ccccc1-c1cccc2cccc([N+](=O)[O-])c12. The summed E-state index contributed by atoms with van der Waals surface area (Å²) in [6, 6.07) is 34.6. The van der Waals surface area contributed by atoms with Crippen molar-refractivity contribution in [1.29, 1.82) is 0 Å². The van der Waals surface area contributed by atoms with Crippen LogP contribution in [0.5, 0.6) is 0 Å². The van der Waals surface area contributed by atoms with E-state index < -0.39 is 9.85 Å². The average Bonchev–Trinajstić information content (AvgIpc) is 2.99. The minimum atomic E-state index is -0.418. The summed E-state index contributed by atoms with van der Waals surface area (Å²) in [5, 5.41) is 26.1. The molecule has 0 fully saturated rings. The van der Waals surface area contributed by atoms with Gasteiger partial charge in [-0.05, 0) is 33.0 Å². The Bertz CT molecular complexity index is 1840. The molecule has 6 aromatic carbocycles. The van der Waals surface area contributed by atoms with Crippen LogP contribution in [0.2, 0.25) is 0 Å². The molecule has 7 heteroatoms. The highest BCUT2D eigenvalue weighted by atomic mass is 16.6. The van der Waals surface area contributed by atoms with Crippen LogP contribution in [0.15, 0.2) is 121 Å². The van der Waals surface area contributed by atoms with E-state index in [1.165, 1.54) is 12.1 Å². The van der Waals surface area contributed by atoms with Crippen LogP contribution in [-0.2, 0) is 0 Å². The minimum absolute atomic E-state index is 0.0428. The number of nitro groups is 2. The van der Waals surface area contributed by atoms with Gasteiger partial charge in [0.2, 0.25) is 0 Å². The molecule has 0 N–H and O–H groups in total. The minimum Gasteiger partial charge on any atom is -0.289 e. The lowest BCUT2D eigenvalue weighted by atomic mass is 9.87. The van der Waals surface area contributed by atoms with Crippen LogP contribution in [0.25, 0.3) is 43.8 Å². The number of benzene rings is 6. The van der Waals surface area contributed by atoms with Gasteiger partial charge in [0.15, 0.2) is 5.78 Å². The standard InChI is InChI=1S/C33H20N2O5/c36-33(27-15-3-1-13-23(27)25-17-5-9-21-11-7-19-29(31(21)25)34(37)38)28-16-4-2-14-24(28)26-18-6-10-22-12-8-20-30(32(22)26)35(39)40/h1-20H. The van der Waals surface area contributed by atoms with Gasteiger partial charge in [0.25, 0.3) is 11.4 Å². The summed E-state index contributed by atoms with van der Waals surface area (Å²) in [4.78, 5) is 37.3. The number of carbonyl (C=O) groups is 1. The van der Waals surface area contributed by atoms with Crippen LogP contribution in [0.3, 0.4) is 0 Å². The first-order valence-corrected chi connectivity index (χ1v) is 12.5. The second kappa shape index (κ2) is 9.89. The second-order valence-electron chi connectivity index (χ2n) is 9.30. The maximum absolute atomic E-state index is 14.3. The molecule has 0 aromatic heterocycles. The second-order valence-corrected chi connectivity index (χ2v) is 9.30. The average molecular weight is 525 g/mol. The summed E-state index contributed by atoms with van der Waals surface area (Å²) < 4.78 is 0. The number of non-ortho nitro benzene ring substituents is 2. The third-order valence-electron chi connectivity index (χ3n) is 7.08. The van der Waals surface area contributed by atoms with Gasteiger partial charge in [-0.25, -0.2) is 0 Å². The molecule has 0 radical (unpaired) electrons. The highest BCUT2D eigenvalue weighted by Gasteiger charge is 2.24. The third-order valence-corrected chi connectivity index (χ3v) is 7.08. The van der Waals surface area contributed by atoms with E-state index in [4.69, 9.17) is 0 Å². The van der Waals surface area contributed by atoms with Gasteiger partial charge >= 0.3 is 0 Å². The topological polar surface area (TPSA) is 103 Å². The molecule has 0 amide bonds. The molecule has 0 unspecified atom stereocenters. The van der Waals surface area contributed by atoms with Gasteiger partial charge in [0.1, 0.15) is 0 Å². The fourth-order valence-electron chi connectivity index (χ4n) is 5.37. The highest BCUT2D eigenvalue weighted by molar-refractivity contribution is 6.19. The van der Waals surface area contributed by atoms with E-state index in [1.54, 1.807) is 97.1 Å². The fraction of sp³-hybridized carbons (Fsp3) is 0. The smallest absolute Gasteiger partial charge is 0.277 e.